The van der Waals surface area contributed by atoms with Gasteiger partial charge in [0, 0.05) is 19.7 Å². The minimum Gasteiger partial charge on any atom is -0.289 e. The van der Waals surface area contributed by atoms with E-state index in [2.05, 4.69) is 0 Å². The Morgan fingerprint density at radius 1 is 1.04 bits per heavy atom. The first-order valence-electron chi connectivity index (χ1n) is 7.10. The first kappa shape index (κ1) is 17.6. The van der Waals surface area contributed by atoms with Crippen molar-refractivity contribution < 1.29 is 13.2 Å². The van der Waals surface area contributed by atoms with E-state index in [9.17, 15) is 13.2 Å². The Bertz CT molecular complexity index is 904. The van der Waals surface area contributed by atoms with Crippen LogP contribution in [0.25, 0.3) is 6.08 Å². The summed E-state index contributed by atoms with van der Waals surface area (Å²) in [7, 11) is -0.597. The van der Waals surface area contributed by atoms with E-state index in [0.717, 1.165) is 9.87 Å². The molecule has 0 amide bonds. The van der Waals surface area contributed by atoms with Crippen LogP contribution in [-0.4, -0.2) is 32.6 Å². The SMILES string of the molecule is CN(C)S(=O)(=O)c1ccc(C(=O)C=Cc2ccc(C#N)cc2)cc1. The quantitative estimate of drug-likeness (QED) is 0.619. The number of rotatable bonds is 5. The third kappa shape index (κ3) is 3.96. The third-order valence-electron chi connectivity index (χ3n) is 3.38. The van der Waals surface area contributed by atoms with Crippen LogP contribution in [0, 0.1) is 11.3 Å². The van der Waals surface area contributed by atoms with Gasteiger partial charge in [0.15, 0.2) is 5.78 Å². The molecule has 24 heavy (non-hydrogen) atoms. The van der Waals surface area contributed by atoms with Gasteiger partial charge in [-0.1, -0.05) is 18.2 Å². The Morgan fingerprint density at radius 3 is 2.12 bits per heavy atom. The van der Waals surface area contributed by atoms with E-state index in [1.165, 1.54) is 44.4 Å². The molecule has 6 heteroatoms. The lowest BCUT2D eigenvalue weighted by Gasteiger charge is -2.11. The highest BCUT2D eigenvalue weighted by Crippen LogP contribution is 2.15. The van der Waals surface area contributed by atoms with Crippen LogP contribution in [0.15, 0.2) is 59.5 Å². The van der Waals surface area contributed by atoms with E-state index >= 15 is 0 Å². The maximum Gasteiger partial charge on any atom is 0.242 e. The molecule has 5 nitrogen and oxygen atoms in total. The summed E-state index contributed by atoms with van der Waals surface area (Å²) in [5.74, 6) is -0.229. The smallest absolute Gasteiger partial charge is 0.242 e. The number of carbonyl (C=O) groups excluding carboxylic acids is 1. The molecule has 2 rings (SSSR count). The molecule has 0 heterocycles. The second-order valence-electron chi connectivity index (χ2n) is 5.24. The summed E-state index contributed by atoms with van der Waals surface area (Å²) < 4.78 is 25.1. The molecule has 0 aliphatic heterocycles. The fourth-order valence-corrected chi connectivity index (χ4v) is 2.84. The second kappa shape index (κ2) is 7.21. The van der Waals surface area contributed by atoms with Crippen LogP contribution in [0.4, 0.5) is 0 Å². The molecule has 0 bridgehead atoms. The fraction of sp³-hybridized carbons (Fsp3) is 0.111. The molecular formula is C18H16N2O3S. The maximum atomic E-state index is 12.1. The lowest BCUT2D eigenvalue weighted by Crippen LogP contribution is -2.22. The van der Waals surface area contributed by atoms with Crippen molar-refractivity contribution in [2.45, 2.75) is 4.90 Å². The topological polar surface area (TPSA) is 78.2 Å². The van der Waals surface area contributed by atoms with Gasteiger partial charge in [-0.3, -0.25) is 4.79 Å². The molecule has 2 aromatic rings. The predicted molar refractivity (Wildman–Crippen MR) is 91.8 cm³/mol. The molecule has 0 radical (unpaired) electrons. The van der Waals surface area contributed by atoms with Gasteiger partial charge in [-0.05, 0) is 48.0 Å². The number of ketones is 1. The number of hydrogen-bond donors (Lipinski definition) is 0. The van der Waals surface area contributed by atoms with Crippen molar-refractivity contribution in [1.82, 2.24) is 4.31 Å². The van der Waals surface area contributed by atoms with E-state index in [1.807, 2.05) is 6.07 Å². The van der Waals surface area contributed by atoms with Crippen LogP contribution in [0.2, 0.25) is 0 Å². The number of sulfonamides is 1. The zero-order valence-electron chi connectivity index (χ0n) is 13.3. The van der Waals surface area contributed by atoms with Gasteiger partial charge in [0.2, 0.25) is 10.0 Å². The predicted octanol–water partition coefficient (Wildman–Crippen LogP) is 2.70. The van der Waals surface area contributed by atoms with E-state index in [1.54, 1.807) is 30.3 Å². The second-order valence-corrected chi connectivity index (χ2v) is 7.40. The van der Waals surface area contributed by atoms with Gasteiger partial charge in [0.25, 0.3) is 0 Å². The lowest BCUT2D eigenvalue weighted by molar-refractivity contribution is 0.104. The van der Waals surface area contributed by atoms with Crippen molar-refractivity contribution in [3.63, 3.8) is 0 Å². The van der Waals surface area contributed by atoms with Gasteiger partial charge < -0.3 is 0 Å². The normalized spacial score (nSPS) is 11.6. The number of nitrogens with zero attached hydrogens (tertiary/aromatic N) is 2. The van der Waals surface area contributed by atoms with Crippen LogP contribution >= 0.6 is 0 Å². The van der Waals surface area contributed by atoms with Crippen molar-refractivity contribution in [2.75, 3.05) is 14.1 Å². The minimum atomic E-state index is -3.50. The molecule has 0 aromatic heterocycles. The van der Waals surface area contributed by atoms with Crippen LogP contribution < -0.4 is 0 Å². The average Bonchev–Trinajstić information content (AvgIpc) is 2.60. The molecule has 0 saturated carbocycles. The third-order valence-corrected chi connectivity index (χ3v) is 5.21. The number of allylic oxidation sites excluding steroid dienone is 1. The maximum absolute atomic E-state index is 12.1. The molecule has 0 saturated heterocycles. The average molecular weight is 340 g/mol. The first-order valence-corrected chi connectivity index (χ1v) is 8.54. The molecule has 0 N–H and O–H groups in total. The molecule has 0 atom stereocenters. The minimum absolute atomic E-state index is 0.139. The molecule has 0 unspecified atom stereocenters. The number of hydrogen-bond acceptors (Lipinski definition) is 4. The molecule has 0 aliphatic carbocycles. The Kier molecular flexibility index (Phi) is 5.29. The van der Waals surface area contributed by atoms with Crippen molar-refractivity contribution in [2.24, 2.45) is 0 Å². The highest BCUT2D eigenvalue weighted by Gasteiger charge is 2.17. The van der Waals surface area contributed by atoms with Gasteiger partial charge in [-0.25, -0.2) is 12.7 Å². The summed E-state index contributed by atoms with van der Waals surface area (Å²) in [6, 6.07) is 14.7. The van der Waals surface area contributed by atoms with Crippen molar-refractivity contribution in [3.8, 4) is 6.07 Å². The fourth-order valence-electron chi connectivity index (χ4n) is 1.94. The van der Waals surface area contributed by atoms with Crippen molar-refractivity contribution in [1.29, 1.82) is 5.26 Å². The molecule has 122 valence electrons. The number of carbonyl (C=O) groups is 1. The van der Waals surface area contributed by atoms with E-state index in [-0.39, 0.29) is 10.7 Å². The van der Waals surface area contributed by atoms with Crippen LogP contribution in [0.3, 0.4) is 0 Å². The van der Waals surface area contributed by atoms with Gasteiger partial charge >= 0.3 is 0 Å². The summed E-state index contributed by atoms with van der Waals surface area (Å²) in [5.41, 5.74) is 1.75. The number of nitriles is 1. The summed E-state index contributed by atoms with van der Waals surface area (Å²) in [6.07, 6.45) is 3.06. The first-order chi connectivity index (χ1) is 11.3. The van der Waals surface area contributed by atoms with Gasteiger partial charge in [-0.2, -0.15) is 5.26 Å². The van der Waals surface area contributed by atoms with Gasteiger partial charge in [0.1, 0.15) is 0 Å². The Labute approximate surface area is 141 Å². The Morgan fingerprint density at radius 2 is 1.62 bits per heavy atom. The van der Waals surface area contributed by atoms with E-state index in [0.29, 0.717) is 11.1 Å². The molecule has 0 fully saturated rings. The van der Waals surface area contributed by atoms with Crippen molar-refractivity contribution in [3.05, 3.63) is 71.3 Å². The molecule has 0 spiro atoms. The highest BCUT2D eigenvalue weighted by molar-refractivity contribution is 7.89. The summed E-state index contributed by atoms with van der Waals surface area (Å²) >= 11 is 0. The van der Waals surface area contributed by atoms with Gasteiger partial charge in [-0.15, -0.1) is 0 Å². The molecule has 0 aliphatic rings. The van der Waals surface area contributed by atoms with Gasteiger partial charge in [0.05, 0.1) is 16.5 Å². The highest BCUT2D eigenvalue weighted by atomic mass is 32.2. The zero-order valence-corrected chi connectivity index (χ0v) is 14.1. The summed E-state index contributed by atoms with van der Waals surface area (Å²) in [6.45, 7) is 0. The number of benzene rings is 2. The molecule has 2 aromatic carbocycles. The largest absolute Gasteiger partial charge is 0.289 e. The Balaban J connectivity index is 2.15. The van der Waals surface area contributed by atoms with E-state index < -0.39 is 10.0 Å². The van der Waals surface area contributed by atoms with Crippen LogP contribution in [0.5, 0.6) is 0 Å². The zero-order chi connectivity index (χ0) is 17.7. The van der Waals surface area contributed by atoms with E-state index in [4.69, 9.17) is 5.26 Å². The standard InChI is InChI=1S/C18H16N2O3S/c1-20(2)24(22,23)17-10-8-16(9-11-17)18(21)12-7-14-3-5-15(13-19)6-4-14/h3-12H,1-2H3. The summed E-state index contributed by atoms with van der Waals surface area (Å²) in [5, 5.41) is 8.74. The molecular weight excluding hydrogens is 324 g/mol. The van der Waals surface area contributed by atoms with Crippen LogP contribution in [0.1, 0.15) is 21.5 Å². The summed E-state index contributed by atoms with van der Waals surface area (Å²) in [4.78, 5) is 12.3. The lowest BCUT2D eigenvalue weighted by atomic mass is 10.1. The van der Waals surface area contributed by atoms with Crippen molar-refractivity contribution >= 4 is 21.9 Å². The monoisotopic (exact) mass is 340 g/mol. The van der Waals surface area contributed by atoms with Crippen LogP contribution in [-0.2, 0) is 10.0 Å². The Hall–Kier alpha value is -2.75.